The Morgan fingerprint density at radius 2 is 2.29 bits per heavy atom. The Balaban J connectivity index is 1.99. The van der Waals surface area contributed by atoms with Gasteiger partial charge in [-0.1, -0.05) is 0 Å². The number of H-pyrrole nitrogens is 1. The molecule has 0 aliphatic carbocycles. The van der Waals surface area contributed by atoms with Crippen molar-refractivity contribution in [3.63, 3.8) is 0 Å². The van der Waals surface area contributed by atoms with Crippen LogP contribution in [0.1, 0.15) is 36.2 Å². The summed E-state index contributed by atoms with van der Waals surface area (Å²) in [5.74, 6) is -0.0234. The third kappa shape index (κ3) is 4.82. The van der Waals surface area contributed by atoms with Crippen LogP contribution in [0.2, 0.25) is 0 Å². The standard InChI is InChI=1S/C13H20BrN3O3S/c1-21(19,20)16-6-5-11-4-2-3-7-17(11)13(18)12-8-10(14)9-15-12/h8-9,11,15-16H,2-7H2,1H3. The van der Waals surface area contributed by atoms with Gasteiger partial charge in [0.15, 0.2) is 0 Å². The fourth-order valence-electron chi connectivity index (χ4n) is 2.63. The number of hydrogen-bond acceptors (Lipinski definition) is 3. The highest BCUT2D eigenvalue weighted by atomic mass is 79.9. The minimum atomic E-state index is -3.18. The van der Waals surface area contributed by atoms with E-state index in [1.54, 1.807) is 12.3 Å². The minimum absolute atomic E-state index is 0.0234. The fourth-order valence-corrected chi connectivity index (χ4v) is 3.46. The van der Waals surface area contributed by atoms with Crippen molar-refractivity contribution in [1.29, 1.82) is 0 Å². The zero-order chi connectivity index (χ0) is 15.5. The summed E-state index contributed by atoms with van der Waals surface area (Å²) in [5.41, 5.74) is 0.560. The molecule has 0 saturated carbocycles. The van der Waals surface area contributed by atoms with Crippen molar-refractivity contribution in [2.75, 3.05) is 19.3 Å². The maximum Gasteiger partial charge on any atom is 0.270 e. The Morgan fingerprint density at radius 3 is 2.90 bits per heavy atom. The SMILES string of the molecule is CS(=O)(=O)NCCC1CCCCN1C(=O)c1cc(Br)c[nH]1. The van der Waals surface area contributed by atoms with E-state index in [-0.39, 0.29) is 11.9 Å². The summed E-state index contributed by atoms with van der Waals surface area (Å²) in [6, 6.07) is 1.85. The van der Waals surface area contributed by atoms with Gasteiger partial charge in [0.1, 0.15) is 5.69 Å². The molecule has 0 spiro atoms. The number of likely N-dealkylation sites (tertiary alicyclic amines) is 1. The average molecular weight is 378 g/mol. The highest BCUT2D eigenvalue weighted by molar-refractivity contribution is 9.10. The molecule has 21 heavy (non-hydrogen) atoms. The molecule has 6 nitrogen and oxygen atoms in total. The predicted octanol–water partition coefficient (Wildman–Crippen LogP) is 1.71. The van der Waals surface area contributed by atoms with Crippen LogP contribution in [-0.4, -0.2) is 49.6 Å². The molecular formula is C13H20BrN3O3S. The Morgan fingerprint density at radius 1 is 1.52 bits per heavy atom. The summed E-state index contributed by atoms with van der Waals surface area (Å²) in [6.07, 6.45) is 6.50. The Labute approximate surface area is 133 Å². The van der Waals surface area contributed by atoms with Gasteiger partial charge in [-0.3, -0.25) is 4.79 Å². The zero-order valence-corrected chi connectivity index (χ0v) is 14.3. The molecule has 0 aromatic carbocycles. The van der Waals surface area contributed by atoms with Crippen molar-refractivity contribution in [2.45, 2.75) is 31.7 Å². The number of rotatable bonds is 5. The highest BCUT2D eigenvalue weighted by Gasteiger charge is 2.28. The lowest BCUT2D eigenvalue weighted by molar-refractivity contribution is 0.0598. The van der Waals surface area contributed by atoms with Crippen molar-refractivity contribution < 1.29 is 13.2 Å². The number of nitrogens with zero attached hydrogens (tertiary/aromatic N) is 1. The second-order valence-corrected chi connectivity index (χ2v) is 8.08. The number of carbonyl (C=O) groups is 1. The van der Waals surface area contributed by atoms with Crippen LogP contribution >= 0.6 is 15.9 Å². The smallest absolute Gasteiger partial charge is 0.270 e. The van der Waals surface area contributed by atoms with E-state index in [0.717, 1.165) is 36.5 Å². The lowest BCUT2D eigenvalue weighted by Gasteiger charge is -2.35. The molecule has 118 valence electrons. The van der Waals surface area contributed by atoms with E-state index in [9.17, 15) is 13.2 Å². The second kappa shape index (κ2) is 6.93. The van der Waals surface area contributed by atoms with Crippen LogP contribution in [0.5, 0.6) is 0 Å². The van der Waals surface area contributed by atoms with E-state index >= 15 is 0 Å². The van der Waals surface area contributed by atoms with E-state index in [4.69, 9.17) is 0 Å². The van der Waals surface area contributed by atoms with E-state index < -0.39 is 10.0 Å². The molecule has 1 saturated heterocycles. The quantitative estimate of drug-likeness (QED) is 0.819. The molecule has 8 heteroatoms. The van der Waals surface area contributed by atoms with Crippen LogP contribution in [0.4, 0.5) is 0 Å². The first-order chi connectivity index (χ1) is 9.87. The third-order valence-electron chi connectivity index (χ3n) is 3.61. The van der Waals surface area contributed by atoms with E-state index in [1.807, 2.05) is 4.90 Å². The number of aromatic nitrogens is 1. The molecule has 2 heterocycles. The largest absolute Gasteiger partial charge is 0.356 e. The molecule has 1 amide bonds. The van der Waals surface area contributed by atoms with E-state index in [0.29, 0.717) is 18.7 Å². The zero-order valence-electron chi connectivity index (χ0n) is 11.9. The third-order valence-corrected chi connectivity index (χ3v) is 4.79. The summed E-state index contributed by atoms with van der Waals surface area (Å²) in [7, 11) is -3.18. The summed E-state index contributed by atoms with van der Waals surface area (Å²) in [6.45, 7) is 1.08. The molecule has 0 radical (unpaired) electrons. The van der Waals surface area contributed by atoms with Crippen molar-refractivity contribution >= 4 is 31.9 Å². The van der Waals surface area contributed by atoms with Crippen LogP contribution in [0.25, 0.3) is 0 Å². The number of aromatic amines is 1. The first-order valence-electron chi connectivity index (χ1n) is 6.96. The molecular weight excluding hydrogens is 358 g/mol. The molecule has 1 unspecified atom stereocenters. The molecule has 1 atom stereocenters. The molecule has 1 aliphatic heterocycles. The summed E-state index contributed by atoms with van der Waals surface area (Å²) >= 11 is 3.32. The Kier molecular flexibility index (Phi) is 5.45. The minimum Gasteiger partial charge on any atom is -0.356 e. The maximum absolute atomic E-state index is 12.5. The van der Waals surface area contributed by atoms with Crippen LogP contribution in [-0.2, 0) is 10.0 Å². The van der Waals surface area contributed by atoms with E-state index in [2.05, 4.69) is 25.6 Å². The van der Waals surface area contributed by atoms with Gasteiger partial charge in [-0.15, -0.1) is 0 Å². The van der Waals surface area contributed by atoms with Crippen LogP contribution in [0.15, 0.2) is 16.7 Å². The maximum atomic E-state index is 12.5. The number of nitrogens with one attached hydrogen (secondary N) is 2. The predicted molar refractivity (Wildman–Crippen MR) is 84.6 cm³/mol. The van der Waals surface area contributed by atoms with Gasteiger partial charge in [-0.25, -0.2) is 13.1 Å². The highest BCUT2D eigenvalue weighted by Crippen LogP contribution is 2.22. The van der Waals surface area contributed by atoms with Gasteiger partial charge in [-0.05, 0) is 47.7 Å². The van der Waals surface area contributed by atoms with Crippen LogP contribution in [0, 0.1) is 0 Å². The van der Waals surface area contributed by atoms with Crippen molar-refractivity contribution in [2.24, 2.45) is 0 Å². The first-order valence-corrected chi connectivity index (χ1v) is 9.65. The topological polar surface area (TPSA) is 82.3 Å². The number of carbonyl (C=O) groups excluding carboxylic acids is 1. The van der Waals surface area contributed by atoms with Gasteiger partial charge >= 0.3 is 0 Å². The summed E-state index contributed by atoms with van der Waals surface area (Å²) < 4.78 is 25.6. The summed E-state index contributed by atoms with van der Waals surface area (Å²) in [4.78, 5) is 17.3. The molecule has 2 N–H and O–H groups in total. The molecule has 1 fully saturated rings. The number of sulfonamides is 1. The fraction of sp³-hybridized carbons (Fsp3) is 0.615. The van der Waals surface area contributed by atoms with Crippen molar-refractivity contribution in [1.82, 2.24) is 14.6 Å². The van der Waals surface area contributed by atoms with Gasteiger partial charge in [0.25, 0.3) is 5.91 Å². The van der Waals surface area contributed by atoms with Crippen molar-refractivity contribution in [3.8, 4) is 0 Å². The molecule has 1 aromatic heterocycles. The number of hydrogen-bond donors (Lipinski definition) is 2. The monoisotopic (exact) mass is 377 g/mol. The van der Waals surface area contributed by atoms with Crippen LogP contribution in [0.3, 0.4) is 0 Å². The lowest BCUT2D eigenvalue weighted by atomic mass is 9.99. The number of amides is 1. The van der Waals surface area contributed by atoms with Gasteiger partial charge in [-0.2, -0.15) is 0 Å². The molecule has 2 rings (SSSR count). The Hall–Kier alpha value is -0.860. The molecule has 1 aromatic rings. The summed E-state index contributed by atoms with van der Waals surface area (Å²) in [5, 5.41) is 0. The number of halogens is 1. The van der Waals surface area contributed by atoms with Gasteiger partial charge in [0, 0.05) is 29.8 Å². The van der Waals surface area contributed by atoms with Gasteiger partial charge in [0.05, 0.1) is 6.26 Å². The Bertz CT molecular complexity index is 600. The van der Waals surface area contributed by atoms with Gasteiger partial charge in [0.2, 0.25) is 10.0 Å². The lowest BCUT2D eigenvalue weighted by Crippen LogP contribution is -2.45. The van der Waals surface area contributed by atoms with Crippen LogP contribution < -0.4 is 4.72 Å². The number of piperidine rings is 1. The van der Waals surface area contributed by atoms with Crippen molar-refractivity contribution in [3.05, 3.63) is 22.4 Å². The normalized spacial score (nSPS) is 19.7. The molecule has 1 aliphatic rings. The van der Waals surface area contributed by atoms with E-state index in [1.165, 1.54) is 0 Å². The first kappa shape index (κ1) is 16.5. The average Bonchev–Trinajstić information content (AvgIpc) is 2.84. The molecule has 0 bridgehead atoms. The van der Waals surface area contributed by atoms with Gasteiger partial charge < -0.3 is 9.88 Å². The second-order valence-electron chi connectivity index (χ2n) is 5.33.